The van der Waals surface area contributed by atoms with E-state index in [1.54, 1.807) is 17.4 Å². The Morgan fingerprint density at radius 1 is 0.625 bits per heavy atom. The summed E-state index contributed by atoms with van der Waals surface area (Å²) in [5.41, 5.74) is 8.31. The number of ether oxygens (including phenoxy) is 1. The number of rotatable bonds is 16. The molecule has 0 N–H and O–H groups in total. The fraction of sp³-hybridized carbons (Fsp3) is 0.333. The smallest absolute Gasteiger partial charge is 0.131 e. The Labute approximate surface area is 293 Å². The summed E-state index contributed by atoms with van der Waals surface area (Å²) in [6, 6.07) is 30.9. The number of fused-ring (bicyclic) bond motifs is 1. The van der Waals surface area contributed by atoms with Crippen LogP contribution in [-0.2, 0) is 6.42 Å². The predicted molar refractivity (Wildman–Crippen MR) is 204 cm³/mol. The quantitative estimate of drug-likeness (QED) is 0.0957. The van der Waals surface area contributed by atoms with Crippen molar-refractivity contribution < 1.29 is 9.13 Å². The minimum Gasteiger partial charge on any atom is -0.494 e. The molecule has 0 aliphatic heterocycles. The molecule has 6 aromatic rings. The van der Waals surface area contributed by atoms with Gasteiger partial charge in [0.1, 0.15) is 22.6 Å². The summed E-state index contributed by atoms with van der Waals surface area (Å²) in [7, 11) is 0. The van der Waals surface area contributed by atoms with Crippen molar-refractivity contribution in [2.24, 2.45) is 5.92 Å². The summed E-state index contributed by atoms with van der Waals surface area (Å²) in [4.78, 5) is 2.36. The average Bonchev–Trinajstić information content (AvgIpc) is 3.81. The molecule has 0 bridgehead atoms. The van der Waals surface area contributed by atoms with Crippen LogP contribution in [0.2, 0.25) is 0 Å². The average molecular weight is 677 g/mol. The van der Waals surface area contributed by atoms with Gasteiger partial charge >= 0.3 is 0 Å². The van der Waals surface area contributed by atoms with E-state index in [1.807, 2.05) is 42.5 Å². The first-order valence-corrected chi connectivity index (χ1v) is 19.1. The molecule has 0 aliphatic rings. The third kappa shape index (κ3) is 8.04. The molecular formula is C42H45FN2OS2. The molecule has 6 heteroatoms. The molecule has 0 fully saturated rings. The van der Waals surface area contributed by atoms with E-state index in [9.17, 15) is 0 Å². The van der Waals surface area contributed by atoms with E-state index in [-0.39, 0.29) is 5.82 Å². The third-order valence-corrected chi connectivity index (χ3v) is 10.9. The lowest BCUT2D eigenvalue weighted by molar-refractivity contribution is 0.309. The van der Waals surface area contributed by atoms with Crippen LogP contribution in [-0.4, -0.2) is 15.4 Å². The van der Waals surface area contributed by atoms with Crippen LogP contribution >= 0.6 is 23.1 Å². The van der Waals surface area contributed by atoms with Crippen molar-refractivity contribution >= 4 is 34.1 Å². The van der Waals surface area contributed by atoms with Gasteiger partial charge in [-0.2, -0.15) is 8.75 Å². The second kappa shape index (κ2) is 16.5. The minimum absolute atomic E-state index is 0.276. The second-order valence-corrected chi connectivity index (χ2v) is 14.4. The number of aromatic nitrogens is 2. The molecule has 0 spiro atoms. The highest BCUT2D eigenvalue weighted by molar-refractivity contribution is 7.19. The molecule has 2 aromatic heterocycles. The van der Waals surface area contributed by atoms with E-state index < -0.39 is 0 Å². The Morgan fingerprint density at radius 2 is 1.23 bits per heavy atom. The van der Waals surface area contributed by atoms with E-state index in [0.29, 0.717) is 12.2 Å². The van der Waals surface area contributed by atoms with Gasteiger partial charge in [-0.15, -0.1) is 11.3 Å². The molecule has 6 rings (SSSR count). The number of thiophene rings is 1. The highest BCUT2D eigenvalue weighted by Gasteiger charge is 2.18. The molecule has 0 saturated heterocycles. The summed E-state index contributed by atoms with van der Waals surface area (Å²) < 4.78 is 30.8. The van der Waals surface area contributed by atoms with Gasteiger partial charge < -0.3 is 4.74 Å². The van der Waals surface area contributed by atoms with Crippen molar-refractivity contribution in [1.29, 1.82) is 0 Å². The van der Waals surface area contributed by atoms with Gasteiger partial charge in [0, 0.05) is 26.4 Å². The minimum atomic E-state index is -0.276. The van der Waals surface area contributed by atoms with E-state index in [2.05, 4.69) is 72.0 Å². The van der Waals surface area contributed by atoms with Crippen LogP contribution in [0.1, 0.15) is 77.7 Å². The third-order valence-electron chi connectivity index (χ3n) is 9.20. The predicted octanol–water partition coefficient (Wildman–Crippen LogP) is 13.3. The van der Waals surface area contributed by atoms with Crippen molar-refractivity contribution in [1.82, 2.24) is 8.75 Å². The van der Waals surface area contributed by atoms with Crippen LogP contribution < -0.4 is 4.74 Å². The Bertz CT molecular complexity index is 1900. The first kappa shape index (κ1) is 34.0. The fourth-order valence-electron chi connectivity index (χ4n) is 6.38. The van der Waals surface area contributed by atoms with Crippen LogP contribution in [0, 0.1) is 11.7 Å². The molecule has 48 heavy (non-hydrogen) atoms. The molecule has 0 amide bonds. The first-order valence-electron chi connectivity index (χ1n) is 17.6. The topological polar surface area (TPSA) is 35.0 Å². The molecule has 3 nitrogen and oxygen atoms in total. The van der Waals surface area contributed by atoms with Crippen molar-refractivity contribution in [3.05, 3.63) is 102 Å². The zero-order valence-corrected chi connectivity index (χ0v) is 29.9. The van der Waals surface area contributed by atoms with Gasteiger partial charge in [0.2, 0.25) is 0 Å². The number of unbranched alkanes of at least 4 members (excludes halogenated alkanes) is 3. The number of benzene rings is 4. The lowest BCUT2D eigenvalue weighted by Crippen LogP contribution is -2.05. The van der Waals surface area contributed by atoms with Crippen molar-refractivity contribution in [3.63, 3.8) is 0 Å². The molecule has 0 radical (unpaired) electrons. The van der Waals surface area contributed by atoms with E-state index in [0.717, 1.165) is 62.7 Å². The van der Waals surface area contributed by atoms with Crippen LogP contribution in [0.15, 0.2) is 91.0 Å². The van der Waals surface area contributed by atoms with Gasteiger partial charge in [-0.05, 0) is 71.3 Å². The van der Waals surface area contributed by atoms with Crippen LogP contribution in [0.3, 0.4) is 0 Å². The highest BCUT2D eigenvalue weighted by atomic mass is 32.1. The van der Waals surface area contributed by atoms with Crippen LogP contribution in [0.4, 0.5) is 4.39 Å². The molecular weight excluding hydrogens is 632 g/mol. The van der Waals surface area contributed by atoms with Crippen molar-refractivity contribution in [2.75, 3.05) is 6.61 Å². The Hall–Kier alpha value is -3.87. The zero-order chi connectivity index (χ0) is 33.3. The molecule has 248 valence electrons. The molecule has 0 atom stereocenters. The number of halogens is 1. The normalized spacial score (nSPS) is 11.5. The zero-order valence-electron chi connectivity index (χ0n) is 28.3. The van der Waals surface area contributed by atoms with E-state index in [1.165, 1.54) is 72.7 Å². The molecule has 0 unspecified atom stereocenters. The Balaban J connectivity index is 1.19. The Kier molecular flexibility index (Phi) is 11.7. The lowest BCUT2D eigenvalue weighted by atomic mass is 9.89. The van der Waals surface area contributed by atoms with Gasteiger partial charge in [0.15, 0.2) is 0 Å². The summed E-state index contributed by atoms with van der Waals surface area (Å²) in [6.45, 7) is 7.43. The SMILES string of the molecule is CCCCOc1ccc(-c2ccc(-c3ccc(-c4ccc(-c5ccc(CC(CCCC)CCCC)cc5)s4)c4nsnc34)c(F)c2)cc1. The Morgan fingerprint density at radius 3 is 1.92 bits per heavy atom. The molecule has 0 aliphatic carbocycles. The van der Waals surface area contributed by atoms with Gasteiger partial charge in [-0.3, -0.25) is 0 Å². The van der Waals surface area contributed by atoms with Crippen LogP contribution in [0.5, 0.6) is 5.75 Å². The summed E-state index contributed by atoms with van der Waals surface area (Å²) in [5.74, 6) is 1.34. The maximum Gasteiger partial charge on any atom is 0.131 e. The summed E-state index contributed by atoms with van der Waals surface area (Å²) in [5, 5.41) is 0. The number of hydrogen-bond donors (Lipinski definition) is 0. The van der Waals surface area contributed by atoms with Crippen molar-refractivity contribution in [3.8, 4) is 48.9 Å². The monoisotopic (exact) mass is 676 g/mol. The summed E-state index contributed by atoms with van der Waals surface area (Å²) in [6.07, 6.45) is 11.1. The number of nitrogens with zero attached hydrogens (tertiary/aromatic N) is 2. The summed E-state index contributed by atoms with van der Waals surface area (Å²) >= 11 is 2.94. The van der Waals surface area contributed by atoms with Gasteiger partial charge in [-0.25, -0.2) is 4.39 Å². The number of hydrogen-bond acceptors (Lipinski definition) is 5. The van der Waals surface area contributed by atoms with Gasteiger partial charge in [0.25, 0.3) is 0 Å². The largest absolute Gasteiger partial charge is 0.494 e. The van der Waals surface area contributed by atoms with E-state index in [4.69, 9.17) is 4.74 Å². The standard InChI is InChI=1S/C42H45FN2OS2/c1-4-7-10-29(11-8-5-2)27-30-12-14-32(15-13-30)39-24-25-40(47-39)37-23-22-36(41-42(37)45-48-44-41)35-21-18-33(28-38(35)43)31-16-19-34(20-17-31)46-26-9-6-3/h12-25,28-29H,4-11,26-27H2,1-3H3. The van der Waals surface area contributed by atoms with Gasteiger partial charge in [0.05, 0.1) is 18.3 Å². The van der Waals surface area contributed by atoms with Gasteiger partial charge in [-0.1, -0.05) is 126 Å². The van der Waals surface area contributed by atoms with E-state index >= 15 is 4.39 Å². The fourth-order valence-corrected chi connectivity index (χ4v) is 8.00. The maximum absolute atomic E-state index is 15.7. The second-order valence-electron chi connectivity index (χ2n) is 12.8. The lowest BCUT2D eigenvalue weighted by Gasteiger charge is -2.16. The molecule has 2 heterocycles. The first-order chi connectivity index (χ1) is 23.6. The van der Waals surface area contributed by atoms with Crippen LogP contribution in [0.25, 0.3) is 54.2 Å². The molecule has 4 aromatic carbocycles. The molecule has 0 saturated carbocycles. The van der Waals surface area contributed by atoms with Crippen molar-refractivity contribution in [2.45, 2.75) is 78.6 Å². The maximum atomic E-state index is 15.7. The highest BCUT2D eigenvalue weighted by Crippen LogP contribution is 2.41.